The van der Waals surface area contributed by atoms with E-state index in [0.29, 0.717) is 43.6 Å². The van der Waals surface area contributed by atoms with Gasteiger partial charge in [-0.1, -0.05) is 36.7 Å². The Hall–Kier alpha value is -1.76. The van der Waals surface area contributed by atoms with E-state index in [4.69, 9.17) is 16.3 Å². The first kappa shape index (κ1) is 20.0. The highest BCUT2D eigenvalue weighted by molar-refractivity contribution is 7.89. The number of benzene rings is 2. The summed E-state index contributed by atoms with van der Waals surface area (Å²) < 4.78 is 33.4. The molecule has 1 aliphatic rings. The smallest absolute Gasteiger partial charge is 0.246 e. The Morgan fingerprint density at radius 2 is 1.74 bits per heavy atom. The van der Waals surface area contributed by atoms with E-state index >= 15 is 0 Å². The van der Waals surface area contributed by atoms with Crippen molar-refractivity contribution in [2.24, 2.45) is 0 Å². The predicted molar refractivity (Wildman–Crippen MR) is 109 cm³/mol. The minimum absolute atomic E-state index is 0.138. The molecule has 27 heavy (non-hydrogen) atoms. The van der Waals surface area contributed by atoms with Crippen LogP contribution in [0.15, 0.2) is 47.4 Å². The molecule has 0 N–H and O–H groups in total. The number of sulfonamides is 1. The van der Waals surface area contributed by atoms with Crippen LogP contribution in [0, 0.1) is 0 Å². The molecule has 5 nitrogen and oxygen atoms in total. The van der Waals surface area contributed by atoms with Gasteiger partial charge in [0.2, 0.25) is 10.0 Å². The highest BCUT2D eigenvalue weighted by atomic mass is 35.5. The van der Waals surface area contributed by atoms with Crippen LogP contribution >= 0.6 is 11.6 Å². The maximum absolute atomic E-state index is 13.2. The molecule has 0 aliphatic carbocycles. The van der Waals surface area contributed by atoms with Crippen molar-refractivity contribution >= 4 is 27.3 Å². The minimum atomic E-state index is -3.66. The van der Waals surface area contributed by atoms with Gasteiger partial charge in [-0.15, -0.1) is 0 Å². The van der Waals surface area contributed by atoms with Gasteiger partial charge in [-0.3, -0.25) is 0 Å². The third-order valence-corrected chi connectivity index (χ3v) is 6.93. The summed E-state index contributed by atoms with van der Waals surface area (Å²) in [6.45, 7) is 6.52. The van der Waals surface area contributed by atoms with E-state index in [-0.39, 0.29) is 4.90 Å². The first-order valence-corrected chi connectivity index (χ1v) is 11.0. The second kappa shape index (κ2) is 8.50. The quantitative estimate of drug-likeness (QED) is 0.729. The first-order valence-electron chi connectivity index (χ1n) is 9.22. The molecular weight excluding hydrogens is 384 g/mol. The monoisotopic (exact) mass is 408 g/mol. The second-order valence-electron chi connectivity index (χ2n) is 6.40. The van der Waals surface area contributed by atoms with Crippen molar-refractivity contribution in [3.05, 3.63) is 53.1 Å². The molecule has 0 bridgehead atoms. The molecule has 2 aromatic rings. The van der Waals surface area contributed by atoms with Crippen LogP contribution in [-0.4, -0.2) is 45.5 Å². The molecule has 146 valence electrons. The zero-order valence-corrected chi connectivity index (χ0v) is 17.3. The van der Waals surface area contributed by atoms with Gasteiger partial charge in [0, 0.05) is 36.9 Å². The number of anilines is 1. The van der Waals surface area contributed by atoms with E-state index in [0.717, 1.165) is 6.42 Å². The molecule has 0 spiro atoms. The van der Waals surface area contributed by atoms with Gasteiger partial charge < -0.3 is 9.64 Å². The van der Waals surface area contributed by atoms with Gasteiger partial charge in [-0.25, -0.2) is 8.42 Å². The zero-order chi connectivity index (χ0) is 19.4. The van der Waals surface area contributed by atoms with E-state index < -0.39 is 10.0 Å². The van der Waals surface area contributed by atoms with Crippen molar-refractivity contribution in [3.63, 3.8) is 0 Å². The lowest BCUT2D eigenvalue weighted by Crippen LogP contribution is -2.49. The number of nitrogens with zero attached hydrogens (tertiary/aromatic N) is 2. The van der Waals surface area contributed by atoms with Gasteiger partial charge in [-0.2, -0.15) is 4.31 Å². The Labute approximate surface area is 166 Å². The molecule has 0 amide bonds. The summed E-state index contributed by atoms with van der Waals surface area (Å²) >= 11 is 6.05. The number of hydrogen-bond acceptors (Lipinski definition) is 4. The Morgan fingerprint density at radius 3 is 2.41 bits per heavy atom. The average Bonchev–Trinajstić information content (AvgIpc) is 2.69. The summed E-state index contributed by atoms with van der Waals surface area (Å²) in [5.41, 5.74) is 2.47. The van der Waals surface area contributed by atoms with E-state index in [1.807, 2.05) is 19.1 Å². The summed E-state index contributed by atoms with van der Waals surface area (Å²) in [4.78, 5) is 2.39. The number of halogens is 1. The second-order valence-corrected chi connectivity index (χ2v) is 8.74. The third kappa shape index (κ3) is 4.23. The van der Waals surface area contributed by atoms with Crippen molar-refractivity contribution in [1.82, 2.24) is 4.31 Å². The SMILES string of the molecule is CCOc1ccc(Cl)cc1S(=O)(=O)N1CCN(c2ccccc2CC)CC1. The van der Waals surface area contributed by atoms with Gasteiger partial charge in [0.1, 0.15) is 10.6 Å². The molecule has 7 heteroatoms. The van der Waals surface area contributed by atoms with Gasteiger partial charge >= 0.3 is 0 Å². The van der Waals surface area contributed by atoms with E-state index in [9.17, 15) is 8.42 Å². The lowest BCUT2D eigenvalue weighted by molar-refractivity contribution is 0.327. The maximum Gasteiger partial charge on any atom is 0.246 e. The number of ether oxygens (including phenoxy) is 1. The van der Waals surface area contributed by atoms with E-state index in [2.05, 4.69) is 24.0 Å². The van der Waals surface area contributed by atoms with Gasteiger partial charge in [0.15, 0.2) is 0 Å². The molecule has 0 saturated carbocycles. The molecule has 2 aromatic carbocycles. The van der Waals surface area contributed by atoms with Gasteiger partial charge in [0.25, 0.3) is 0 Å². The lowest BCUT2D eigenvalue weighted by atomic mass is 10.1. The predicted octanol–water partition coefficient (Wildman–Crippen LogP) is 3.81. The molecule has 0 aromatic heterocycles. The fourth-order valence-corrected chi connectivity index (χ4v) is 5.20. The standard InChI is InChI=1S/C20H25ClN2O3S/c1-3-16-7-5-6-8-18(16)22-11-13-23(14-12-22)27(24,25)20-15-17(21)9-10-19(20)26-4-2/h5-10,15H,3-4,11-14H2,1-2H3. The molecule has 0 unspecified atom stereocenters. The van der Waals surface area contributed by atoms with Crippen LogP contribution in [-0.2, 0) is 16.4 Å². The molecule has 1 saturated heterocycles. The normalized spacial score (nSPS) is 15.7. The fourth-order valence-electron chi connectivity index (χ4n) is 3.38. The Morgan fingerprint density at radius 1 is 1.04 bits per heavy atom. The average molecular weight is 409 g/mol. The summed E-state index contributed by atoms with van der Waals surface area (Å²) in [6, 6.07) is 13.0. The fraction of sp³-hybridized carbons (Fsp3) is 0.400. The van der Waals surface area contributed by atoms with Crippen LogP contribution in [0.2, 0.25) is 5.02 Å². The maximum atomic E-state index is 13.2. The van der Waals surface area contributed by atoms with Crippen LogP contribution in [0.1, 0.15) is 19.4 Å². The number of para-hydroxylation sites is 1. The highest BCUT2D eigenvalue weighted by Gasteiger charge is 2.31. The number of rotatable bonds is 6. The van der Waals surface area contributed by atoms with Crippen LogP contribution in [0.3, 0.4) is 0 Å². The number of hydrogen-bond donors (Lipinski definition) is 0. The Bertz CT molecular complexity index is 894. The molecule has 1 fully saturated rings. The molecule has 3 rings (SSSR count). The number of aryl methyl sites for hydroxylation is 1. The van der Waals surface area contributed by atoms with Crippen LogP contribution in [0.5, 0.6) is 5.75 Å². The minimum Gasteiger partial charge on any atom is -0.492 e. The molecule has 0 atom stereocenters. The van der Waals surface area contributed by atoms with Gasteiger partial charge in [0.05, 0.1) is 6.61 Å². The van der Waals surface area contributed by atoms with Crippen LogP contribution in [0.4, 0.5) is 5.69 Å². The molecule has 0 radical (unpaired) electrons. The largest absolute Gasteiger partial charge is 0.492 e. The van der Waals surface area contributed by atoms with Crippen molar-refractivity contribution in [1.29, 1.82) is 0 Å². The third-order valence-electron chi connectivity index (χ3n) is 4.78. The van der Waals surface area contributed by atoms with Crippen molar-refractivity contribution in [3.8, 4) is 5.75 Å². The topological polar surface area (TPSA) is 49.9 Å². The molecule has 1 heterocycles. The summed E-state index contributed by atoms with van der Waals surface area (Å²) in [7, 11) is -3.66. The summed E-state index contributed by atoms with van der Waals surface area (Å²) in [5, 5.41) is 0.382. The van der Waals surface area contributed by atoms with Crippen LogP contribution in [0.25, 0.3) is 0 Å². The molecule has 1 aliphatic heterocycles. The Kier molecular flexibility index (Phi) is 6.29. The van der Waals surface area contributed by atoms with Crippen molar-refractivity contribution in [2.75, 3.05) is 37.7 Å². The van der Waals surface area contributed by atoms with Crippen LogP contribution < -0.4 is 9.64 Å². The van der Waals surface area contributed by atoms with E-state index in [1.165, 1.54) is 21.6 Å². The Balaban J connectivity index is 1.80. The van der Waals surface area contributed by atoms with Gasteiger partial charge in [-0.05, 0) is 43.2 Å². The lowest BCUT2D eigenvalue weighted by Gasteiger charge is -2.36. The first-order chi connectivity index (χ1) is 13.0. The summed E-state index contributed by atoms with van der Waals surface area (Å²) in [6.07, 6.45) is 0.953. The van der Waals surface area contributed by atoms with Crippen molar-refractivity contribution < 1.29 is 13.2 Å². The van der Waals surface area contributed by atoms with Crippen molar-refractivity contribution in [2.45, 2.75) is 25.2 Å². The zero-order valence-electron chi connectivity index (χ0n) is 15.7. The summed E-state index contributed by atoms with van der Waals surface area (Å²) in [5.74, 6) is 0.348. The highest BCUT2D eigenvalue weighted by Crippen LogP contribution is 2.31. The molecular formula is C20H25ClN2O3S. The van der Waals surface area contributed by atoms with E-state index in [1.54, 1.807) is 12.1 Å². The number of piperazine rings is 1.